The predicted octanol–water partition coefficient (Wildman–Crippen LogP) is 2.86. The van der Waals surface area contributed by atoms with Gasteiger partial charge in [0.15, 0.2) is 0 Å². The lowest BCUT2D eigenvalue weighted by Gasteiger charge is -2.08. The van der Waals surface area contributed by atoms with Gasteiger partial charge < -0.3 is 5.32 Å². The molecule has 7 heteroatoms. The van der Waals surface area contributed by atoms with Crippen LogP contribution >= 0.6 is 0 Å². The summed E-state index contributed by atoms with van der Waals surface area (Å²) in [6, 6.07) is 17.6. The van der Waals surface area contributed by atoms with Crippen molar-refractivity contribution in [1.29, 1.82) is 0 Å². The molecule has 24 heavy (non-hydrogen) atoms. The second kappa shape index (κ2) is 6.25. The van der Waals surface area contributed by atoms with Crippen LogP contribution in [0, 0.1) is 0 Å². The maximum absolute atomic E-state index is 4.34. The maximum Gasteiger partial charge on any atom is 0.143 e. The first kappa shape index (κ1) is 14.0. The summed E-state index contributed by atoms with van der Waals surface area (Å²) in [6.07, 6.45) is 5.08. The van der Waals surface area contributed by atoms with E-state index in [-0.39, 0.29) is 0 Å². The Morgan fingerprint density at radius 2 is 1.71 bits per heavy atom. The Morgan fingerprint density at radius 3 is 2.54 bits per heavy atom. The summed E-state index contributed by atoms with van der Waals surface area (Å²) >= 11 is 0. The van der Waals surface area contributed by atoms with Crippen molar-refractivity contribution in [2.45, 2.75) is 0 Å². The van der Waals surface area contributed by atoms with Gasteiger partial charge in [0.2, 0.25) is 0 Å². The van der Waals surface area contributed by atoms with Gasteiger partial charge in [-0.15, -0.1) is 5.10 Å². The van der Waals surface area contributed by atoms with Gasteiger partial charge in [-0.05, 0) is 58.0 Å². The van der Waals surface area contributed by atoms with Crippen LogP contribution in [0.3, 0.4) is 0 Å². The predicted molar refractivity (Wildman–Crippen MR) is 89.9 cm³/mol. The molecule has 4 rings (SSSR count). The van der Waals surface area contributed by atoms with E-state index in [1.54, 1.807) is 23.4 Å². The van der Waals surface area contributed by atoms with Crippen molar-refractivity contribution < 1.29 is 0 Å². The van der Waals surface area contributed by atoms with Crippen molar-refractivity contribution in [3.05, 3.63) is 73.3 Å². The van der Waals surface area contributed by atoms with E-state index in [1.807, 2.05) is 54.6 Å². The molecule has 0 fully saturated rings. The highest BCUT2D eigenvalue weighted by atomic mass is 15.5. The summed E-state index contributed by atoms with van der Waals surface area (Å²) in [4.78, 5) is 8.59. The number of pyridine rings is 2. The first-order valence-corrected chi connectivity index (χ1v) is 7.36. The molecule has 1 N–H and O–H groups in total. The first-order valence-electron chi connectivity index (χ1n) is 7.36. The summed E-state index contributed by atoms with van der Waals surface area (Å²) in [7, 11) is 0. The van der Waals surface area contributed by atoms with Gasteiger partial charge in [0.25, 0.3) is 0 Å². The van der Waals surface area contributed by atoms with Crippen LogP contribution in [-0.4, -0.2) is 30.2 Å². The Balaban J connectivity index is 1.65. The van der Waals surface area contributed by atoms with E-state index < -0.39 is 0 Å². The number of hydrogen-bond donors (Lipinski definition) is 1. The Hall–Kier alpha value is -3.61. The zero-order chi connectivity index (χ0) is 16.2. The van der Waals surface area contributed by atoms with Crippen molar-refractivity contribution in [3.8, 4) is 16.8 Å². The van der Waals surface area contributed by atoms with E-state index in [0.29, 0.717) is 0 Å². The summed E-state index contributed by atoms with van der Waals surface area (Å²) in [5, 5.41) is 14.4. The highest BCUT2D eigenvalue weighted by Crippen LogP contribution is 2.24. The Morgan fingerprint density at radius 1 is 0.792 bits per heavy atom. The highest BCUT2D eigenvalue weighted by Gasteiger charge is 2.04. The number of anilines is 2. The smallest absolute Gasteiger partial charge is 0.143 e. The highest BCUT2D eigenvalue weighted by molar-refractivity contribution is 5.69. The molecule has 0 atom stereocenters. The Kier molecular flexibility index (Phi) is 3.65. The van der Waals surface area contributed by atoms with Crippen LogP contribution in [0.25, 0.3) is 16.8 Å². The number of nitrogens with one attached hydrogen (secondary N) is 1. The van der Waals surface area contributed by atoms with Gasteiger partial charge in [-0.2, -0.15) is 0 Å². The van der Waals surface area contributed by atoms with Crippen LogP contribution in [0.4, 0.5) is 11.6 Å². The molecule has 4 aromatic rings. The van der Waals surface area contributed by atoms with Crippen LogP contribution in [0.15, 0.2) is 73.3 Å². The third kappa shape index (κ3) is 2.95. The minimum absolute atomic E-state index is 0.735. The molecule has 0 aliphatic rings. The van der Waals surface area contributed by atoms with E-state index in [9.17, 15) is 0 Å². The zero-order valence-electron chi connectivity index (χ0n) is 12.6. The van der Waals surface area contributed by atoms with Crippen LogP contribution in [0.5, 0.6) is 0 Å². The number of nitrogens with zero attached hydrogens (tertiary/aromatic N) is 6. The third-order valence-corrected chi connectivity index (χ3v) is 3.47. The van der Waals surface area contributed by atoms with E-state index in [0.717, 1.165) is 28.5 Å². The summed E-state index contributed by atoms with van der Waals surface area (Å²) < 4.78 is 1.62. The number of tetrazole rings is 1. The van der Waals surface area contributed by atoms with Gasteiger partial charge in [0.05, 0.1) is 5.69 Å². The number of rotatable bonds is 4. The van der Waals surface area contributed by atoms with Gasteiger partial charge in [-0.3, -0.25) is 0 Å². The minimum Gasteiger partial charge on any atom is -0.325 e. The van der Waals surface area contributed by atoms with Crippen LogP contribution < -0.4 is 5.32 Å². The lowest BCUT2D eigenvalue weighted by atomic mass is 10.1. The minimum atomic E-state index is 0.735. The van der Waals surface area contributed by atoms with E-state index in [2.05, 4.69) is 30.8 Å². The van der Waals surface area contributed by atoms with Gasteiger partial charge in [-0.1, -0.05) is 18.2 Å². The molecular formula is C17H13N7. The zero-order valence-corrected chi connectivity index (χ0v) is 12.6. The molecule has 0 amide bonds. The van der Waals surface area contributed by atoms with Crippen LogP contribution in [-0.2, 0) is 0 Å². The molecular weight excluding hydrogens is 302 g/mol. The quantitative estimate of drug-likeness (QED) is 0.623. The fraction of sp³-hybridized carbons (Fsp3) is 0. The SMILES string of the molecule is c1ccc(Nc2cc(-c3cccc(-n4cnnn4)c3)ccn2)nc1. The molecule has 0 saturated carbocycles. The average Bonchev–Trinajstić information content (AvgIpc) is 3.18. The Labute approximate surface area is 138 Å². The average molecular weight is 315 g/mol. The molecule has 116 valence electrons. The molecule has 0 unspecified atom stereocenters. The van der Waals surface area contributed by atoms with Crippen molar-refractivity contribution in [2.24, 2.45) is 0 Å². The first-order chi connectivity index (χ1) is 11.9. The maximum atomic E-state index is 4.34. The second-order valence-electron chi connectivity index (χ2n) is 5.07. The van der Waals surface area contributed by atoms with E-state index >= 15 is 0 Å². The summed E-state index contributed by atoms with van der Waals surface area (Å²) in [5.74, 6) is 1.49. The van der Waals surface area contributed by atoms with Gasteiger partial charge in [0, 0.05) is 12.4 Å². The standard InChI is InChI=1S/C17H13N7/c1-2-8-18-16(6-1)21-17-11-14(7-9-19-17)13-4-3-5-15(10-13)24-12-20-22-23-24/h1-12H,(H,18,19,21). The molecule has 0 aliphatic carbocycles. The topological polar surface area (TPSA) is 81.4 Å². The van der Waals surface area contributed by atoms with Gasteiger partial charge in [-0.25, -0.2) is 14.6 Å². The van der Waals surface area contributed by atoms with Crippen molar-refractivity contribution in [1.82, 2.24) is 30.2 Å². The fourth-order valence-electron chi connectivity index (χ4n) is 2.35. The van der Waals surface area contributed by atoms with Gasteiger partial charge >= 0.3 is 0 Å². The van der Waals surface area contributed by atoms with Crippen LogP contribution in [0.1, 0.15) is 0 Å². The number of aromatic nitrogens is 6. The largest absolute Gasteiger partial charge is 0.325 e. The number of hydrogen-bond acceptors (Lipinski definition) is 6. The lowest BCUT2D eigenvalue weighted by molar-refractivity contribution is 0.789. The normalized spacial score (nSPS) is 10.5. The molecule has 0 bridgehead atoms. The number of benzene rings is 1. The van der Waals surface area contributed by atoms with E-state index in [1.165, 1.54) is 0 Å². The molecule has 3 heterocycles. The second-order valence-corrected chi connectivity index (χ2v) is 5.07. The summed E-state index contributed by atoms with van der Waals surface area (Å²) in [5.41, 5.74) is 2.99. The molecule has 0 saturated heterocycles. The lowest BCUT2D eigenvalue weighted by Crippen LogP contribution is -1.97. The van der Waals surface area contributed by atoms with Crippen molar-refractivity contribution in [3.63, 3.8) is 0 Å². The molecule has 0 aliphatic heterocycles. The van der Waals surface area contributed by atoms with E-state index in [4.69, 9.17) is 0 Å². The molecule has 3 aromatic heterocycles. The van der Waals surface area contributed by atoms with Crippen molar-refractivity contribution in [2.75, 3.05) is 5.32 Å². The molecule has 0 spiro atoms. The van der Waals surface area contributed by atoms with Gasteiger partial charge in [0.1, 0.15) is 18.0 Å². The Bertz CT molecular complexity index is 936. The molecule has 1 aromatic carbocycles. The monoisotopic (exact) mass is 315 g/mol. The fourth-order valence-corrected chi connectivity index (χ4v) is 2.35. The summed E-state index contributed by atoms with van der Waals surface area (Å²) in [6.45, 7) is 0. The van der Waals surface area contributed by atoms with Crippen molar-refractivity contribution >= 4 is 11.6 Å². The molecule has 0 radical (unpaired) electrons. The molecule has 7 nitrogen and oxygen atoms in total. The third-order valence-electron chi connectivity index (χ3n) is 3.47. The van der Waals surface area contributed by atoms with Crippen LogP contribution in [0.2, 0.25) is 0 Å².